The molecule has 88 valence electrons. The summed E-state index contributed by atoms with van der Waals surface area (Å²) in [5, 5.41) is 12.3. The Labute approximate surface area is 101 Å². The highest BCUT2D eigenvalue weighted by Gasteiger charge is 2.06. The van der Waals surface area contributed by atoms with Crippen molar-refractivity contribution in [3.63, 3.8) is 0 Å². The van der Waals surface area contributed by atoms with Crippen molar-refractivity contribution >= 4 is 17.3 Å². The van der Waals surface area contributed by atoms with Crippen molar-refractivity contribution in [1.29, 1.82) is 0 Å². The maximum absolute atomic E-state index is 9.11. The molecule has 1 aromatic rings. The normalized spacial score (nSPS) is 12.1. The number of nitrogens with two attached hydrogens (primary N) is 1. The van der Waals surface area contributed by atoms with E-state index in [2.05, 4.69) is 11.9 Å². The number of rotatable bonds is 6. The first-order chi connectivity index (χ1) is 7.63. The van der Waals surface area contributed by atoms with Gasteiger partial charge in [-0.3, -0.25) is 0 Å². The van der Waals surface area contributed by atoms with Gasteiger partial charge in [0, 0.05) is 18.1 Å². The standard InChI is InChI=1S/C12H17ClN2O/c1-9(16)12(14)8-10-2-4-11(5-3-10)15-7-6-13/h2-5,12,15-16H,1,6-8,14H2/t12-/m0/s1. The number of hydrogen-bond donors (Lipinski definition) is 3. The molecule has 0 spiro atoms. The van der Waals surface area contributed by atoms with E-state index in [1.54, 1.807) is 0 Å². The summed E-state index contributed by atoms with van der Waals surface area (Å²) in [6, 6.07) is 7.48. The second kappa shape index (κ2) is 6.40. The lowest BCUT2D eigenvalue weighted by atomic mass is 10.1. The second-order valence-corrected chi connectivity index (χ2v) is 3.99. The summed E-state index contributed by atoms with van der Waals surface area (Å²) in [7, 11) is 0. The van der Waals surface area contributed by atoms with Crippen molar-refractivity contribution in [2.24, 2.45) is 5.73 Å². The van der Waals surface area contributed by atoms with Gasteiger partial charge in [-0.15, -0.1) is 11.6 Å². The molecular weight excluding hydrogens is 224 g/mol. The van der Waals surface area contributed by atoms with Crippen LogP contribution < -0.4 is 11.1 Å². The fourth-order valence-electron chi connectivity index (χ4n) is 1.32. The highest BCUT2D eigenvalue weighted by atomic mass is 35.5. The van der Waals surface area contributed by atoms with Gasteiger partial charge < -0.3 is 16.2 Å². The fraction of sp³-hybridized carbons (Fsp3) is 0.333. The molecule has 0 bridgehead atoms. The fourth-order valence-corrected chi connectivity index (χ4v) is 1.42. The zero-order valence-corrected chi connectivity index (χ0v) is 9.87. The topological polar surface area (TPSA) is 58.3 Å². The summed E-state index contributed by atoms with van der Waals surface area (Å²) in [6.07, 6.45) is 0.588. The molecule has 4 N–H and O–H groups in total. The molecule has 0 amide bonds. The summed E-state index contributed by atoms with van der Waals surface area (Å²) >= 11 is 5.57. The van der Waals surface area contributed by atoms with E-state index < -0.39 is 6.04 Å². The molecule has 0 aliphatic rings. The third-order valence-electron chi connectivity index (χ3n) is 2.26. The van der Waals surface area contributed by atoms with Crippen LogP contribution >= 0.6 is 11.6 Å². The van der Waals surface area contributed by atoms with Crippen LogP contribution in [0.15, 0.2) is 36.6 Å². The minimum Gasteiger partial charge on any atom is -0.511 e. The quantitative estimate of drug-likeness (QED) is 0.528. The highest BCUT2D eigenvalue weighted by molar-refractivity contribution is 6.18. The summed E-state index contributed by atoms with van der Waals surface area (Å²) in [5.74, 6) is 0.598. The Balaban J connectivity index is 2.54. The van der Waals surface area contributed by atoms with Crippen molar-refractivity contribution in [1.82, 2.24) is 0 Å². The molecule has 0 saturated heterocycles. The van der Waals surface area contributed by atoms with Crippen LogP contribution in [0.4, 0.5) is 5.69 Å². The van der Waals surface area contributed by atoms with Crippen LogP contribution in [0.5, 0.6) is 0 Å². The van der Waals surface area contributed by atoms with Gasteiger partial charge in [-0.1, -0.05) is 18.7 Å². The second-order valence-electron chi connectivity index (χ2n) is 3.61. The molecule has 1 atom stereocenters. The highest BCUT2D eigenvalue weighted by Crippen LogP contribution is 2.11. The Morgan fingerprint density at radius 1 is 1.44 bits per heavy atom. The van der Waals surface area contributed by atoms with E-state index in [9.17, 15) is 0 Å². The molecule has 0 aliphatic heterocycles. The SMILES string of the molecule is C=C(O)[C@@H](N)Cc1ccc(NCCCl)cc1. The molecular formula is C12H17ClN2O. The molecule has 0 radical (unpaired) electrons. The Kier molecular flexibility index (Phi) is 5.15. The molecule has 0 saturated carbocycles. The largest absolute Gasteiger partial charge is 0.511 e. The van der Waals surface area contributed by atoms with Crippen molar-refractivity contribution < 1.29 is 5.11 Å². The van der Waals surface area contributed by atoms with Crippen LogP contribution in [-0.2, 0) is 6.42 Å². The van der Waals surface area contributed by atoms with E-state index in [1.807, 2.05) is 24.3 Å². The lowest BCUT2D eigenvalue weighted by Gasteiger charge is -2.10. The maximum atomic E-state index is 9.11. The van der Waals surface area contributed by atoms with Gasteiger partial charge in [0.05, 0.1) is 6.04 Å². The van der Waals surface area contributed by atoms with E-state index in [4.69, 9.17) is 22.4 Å². The average molecular weight is 241 g/mol. The summed E-state index contributed by atoms with van der Waals surface area (Å²) in [5.41, 5.74) is 7.78. The number of hydrogen-bond acceptors (Lipinski definition) is 3. The number of aliphatic hydroxyl groups is 1. The monoisotopic (exact) mass is 240 g/mol. The van der Waals surface area contributed by atoms with Gasteiger partial charge in [0.25, 0.3) is 0 Å². The summed E-state index contributed by atoms with van der Waals surface area (Å²) < 4.78 is 0. The first-order valence-corrected chi connectivity index (χ1v) is 5.69. The zero-order valence-electron chi connectivity index (χ0n) is 9.12. The number of halogens is 1. The van der Waals surface area contributed by atoms with Crippen LogP contribution in [0.1, 0.15) is 5.56 Å². The molecule has 3 nitrogen and oxygen atoms in total. The molecule has 16 heavy (non-hydrogen) atoms. The predicted octanol–water partition coefficient (Wildman–Crippen LogP) is 2.28. The van der Waals surface area contributed by atoms with Gasteiger partial charge in [0.2, 0.25) is 0 Å². The number of aliphatic hydroxyl groups excluding tert-OH is 1. The number of anilines is 1. The van der Waals surface area contributed by atoms with Crippen LogP contribution in [0, 0.1) is 0 Å². The Morgan fingerprint density at radius 2 is 2.06 bits per heavy atom. The van der Waals surface area contributed by atoms with Crippen molar-refractivity contribution in [2.45, 2.75) is 12.5 Å². The van der Waals surface area contributed by atoms with E-state index in [0.717, 1.165) is 17.8 Å². The van der Waals surface area contributed by atoms with Gasteiger partial charge in [-0.05, 0) is 24.1 Å². The Hall–Kier alpha value is -1.19. The molecule has 4 heteroatoms. The number of alkyl halides is 1. The first-order valence-electron chi connectivity index (χ1n) is 5.15. The smallest absolute Gasteiger partial charge is 0.102 e. The van der Waals surface area contributed by atoms with Crippen LogP contribution in [-0.4, -0.2) is 23.6 Å². The summed E-state index contributed by atoms with van der Waals surface area (Å²) in [4.78, 5) is 0. The Bertz CT molecular complexity index is 337. The van der Waals surface area contributed by atoms with Crippen LogP contribution in [0.25, 0.3) is 0 Å². The van der Waals surface area contributed by atoms with Gasteiger partial charge in [-0.2, -0.15) is 0 Å². The third-order valence-corrected chi connectivity index (χ3v) is 2.45. The lowest BCUT2D eigenvalue weighted by Crippen LogP contribution is -2.24. The maximum Gasteiger partial charge on any atom is 0.102 e. The molecule has 0 heterocycles. The van der Waals surface area contributed by atoms with Crippen LogP contribution in [0.3, 0.4) is 0 Å². The average Bonchev–Trinajstić information content (AvgIpc) is 2.28. The van der Waals surface area contributed by atoms with Gasteiger partial charge >= 0.3 is 0 Å². The molecule has 0 aromatic heterocycles. The molecule has 0 aliphatic carbocycles. The molecule has 0 fully saturated rings. The number of benzene rings is 1. The first kappa shape index (κ1) is 12.9. The zero-order chi connectivity index (χ0) is 12.0. The molecule has 0 unspecified atom stereocenters. The number of nitrogens with one attached hydrogen (secondary N) is 1. The van der Waals surface area contributed by atoms with Gasteiger partial charge in [0.1, 0.15) is 5.76 Å². The van der Waals surface area contributed by atoms with E-state index in [0.29, 0.717) is 12.3 Å². The van der Waals surface area contributed by atoms with Crippen molar-refractivity contribution in [2.75, 3.05) is 17.7 Å². The van der Waals surface area contributed by atoms with Gasteiger partial charge in [0.15, 0.2) is 0 Å². The van der Waals surface area contributed by atoms with E-state index in [-0.39, 0.29) is 5.76 Å². The molecule has 1 rings (SSSR count). The lowest BCUT2D eigenvalue weighted by molar-refractivity contribution is 0.368. The van der Waals surface area contributed by atoms with Crippen LogP contribution in [0.2, 0.25) is 0 Å². The van der Waals surface area contributed by atoms with E-state index in [1.165, 1.54) is 0 Å². The van der Waals surface area contributed by atoms with E-state index >= 15 is 0 Å². The third kappa shape index (κ3) is 4.13. The predicted molar refractivity (Wildman–Crippen MR) is 69.1 cm³/mol. The van der Waals surface area contributed by atoms with Crippen molar-refractivity contribution in [3.8, 4) is 0 Å². The van der Waals surface area contributed by atoms with Crippen molar-refractivity contribution in [3.05, 3.63) is 42.2 Å². The minimum atomic E-state index is -0.401. The molecule has 1 aromatic carbocycles. The summed E-state index contributed by atoms with van der Waals surface area (Å²) in [6.45, 7) is 4.16. The minimum absolute atomic E-state index is 0.0179. The Morgan fingerprint density at radius 3 is 2.56 bits per heavy atom. The van der Waals surface area contributed by atoms with Gasteiger partial charge in [-0.25, -0.2) is 0 Å².